The van der Waals surface area contributed by atoms with Crippen LogP contribution < -0.4 is 0 Å². The van der Waals surface area contributed by atoms with Crippen molar-refractivity contribution in [1.29, 1.82) is 0 Å². The molecule has 6 nitrogen and oxygen atoms in total. The zero-order valence-electron chi connectivity index (χ0n) is 15.0. The van der Waals surface area contributed by atoms with E-state index >= 15 is 0 Å². The molecule has 3 heterocycles. The Morgan fingerprint density at radius 3 is 1.80 bits per heavy atom. The van der Waals surface area contributed by atoms with Crippen molar-refractivity contribution in [1.82, 2.24) is 0 Å². The number of hydrogen-bond acceptors (Lipinski definition) is 7. The molecular formula is C18H30O6S. The Balaban J connectivity index is 1.46. The normalized spacial score (nSPS) is 29.7. The first kappa shape index (κ1) is 19.6. The van der Waals surface area contributed by atoms with E-state index < -0.39 is 0 Å². The van der Waals surface area contributed by atoms with Crippen molar-refractivity contribution >= 4 is 11.8 Å². The number of ether oxygens (including phenoxy) is 6. The van der Waals surface area contributed by atoms with Crippen LogP contribution in [-0.2, 0) is 28.4 Å². The summed E-state index contributed by atoms with van der Waals surface area (Å²) in [6, 6.07) is 0. The average Bonchev–Trinajstić information content (AvgIpc) is 3.47. The molecule has 0 spiro atoms. The van der Waals surface area contributed by atoms with Gasteiger partial charge in [-0.05, 0) is 24.5 Å². The first-order valence-electron chi connectivity index (χ1n) is 9.08. The minimum atomic E-state index is -0.0767. The van der Waals surface area contributed by atoms with Gasteiger partial charge in [-0.25, -0.2) is 0 Å². The maximum absolute atomic E-state index is 5.96. The summed E-state index contributed by atoms with van der Waals surface area (Å²) in [6.45, 7) is 6.60. The maximum Gasteiger partial charge on any atom is 0.104 e. The molecule has 3 aliphatic rings. The molecule has 0 saturated carbocycles. The van der Waals surface area contributed by atoms with Crippen LogP contribution in [0, 0.1) is 5.41 Å². The summed E-state index contributed by atoms with van der Waals surface area (Å²) in [4.78, 5) is 0. The van der Waals surface area contributed by atoms with E-state index in [0.29, 0.717) is 51.8 Å². The summed E-state index contributed by atoms with van der Waals surface area (Å²) in [5.41, 5.74) is -0.0767. The Kier molecular flexibility index (Phi) is 8.04. The van der Waals surface area contributed by atoms with Crippen LogP contribution >= 0.6 is 11.8 Å². The molecule has 3 rings (SSSR count). The van der Waals surface area contributed by atoms with Crippen LogP contribution in [0.4, 0.5) is 0 Å². The van der Waals surface area contributed by atoms with Gasteiger partial charge in [-0.3, -0.25) is 0 Å². The van der Waals surface area contributed by atoms with Crippen molar-refractivity contribution in [3.63, 3.8) is 0 Å². The molecule has 0 amide bonds. The highest BCUT2D eigenvalue weighted by atomic mass is 32.2. The van der Waals surface area contributed by atoms with Crippen molar-refractivity contribution in [2.24, 2.45) is 5.41 Å². The van der Waals surface area contributed by atoms with Crippen LogP contribution in [0.5, 0.6) is 0 Å². The summed E-state index contributed by atoms with van der Waals surface area (Å²) < 4.78 is 33.2. The van der Waals surface area contributed by atoms with Gasteiger partial charge in [-0.1, -0.05) is 6.08 Å². The van der Waals surface area contributed by atoms with Gasteiger partial charge in [-0.2, -0.15) is 0 Å². The third kappa shape index (κ3) is 8.39. The van der Waals surface area contributed by atoms with E-state index in [0.717, 1.165) is 32.7 Å². The molecule has 0 aromatic heterocycles. The third-order valence-electron chi connectivity index (χ3n) is 4.55. The number of thioether (sulfide) groups is 1. The van der Waals surface area contributed by atoms with Crippen molar-refractivity contribution in [3.8, 4) is 0 Å². The van der Waals surface area contributed by atoms with Crippen LogP contribution in [-0.4, -0.2) is 84.0 Å². The van der Waals surface area contributed by atoms with Gasteiger partial charge in [0, 0.05) is 18.6 Å². The summed E-state index contributed by atoms with van der Waals surface area (Å²) in [7, 11) is 0. The van der Waals surface area contributed by atoms with Gasteiger partial charge in [0.15, 0.2) is 0 Å². The van der Waals surface area contributed by atoms with E-state index in [2.05, 4.69) is 17.7 Å². The second-order valence-electron chi connectivity index (χ2n) is 6.93. The van der Waals surface area contributed by atoms with Crippen molar-refractivity contribution in [2.75, 3.05) is 65.7 Å². The molecule has 0 aromatic rings. The highest BCUT2D eigenvalue weighted by molar-refractivity contribution is 8.01. The highest BCUT2D eigenvalue weighted by Gasteiger charge is 2.31. The Bertz CT molecular complexity index is 386. The van der Waals surface area contributed by atoms with E-state index in [1.165, 1.54) is 0 Å². The van der Waals surface area contributed by atoms with E-state index in [1.54, 1.807) is 11.8 Å². The van der Waals surface area contributed by atoms with Gasteiger partial charge >= 0.3 is 0 Å². The monoisotopic (exact) mass is 374 g/mol. The highest BCUT2D eigenvalue weighted by Crippen LogP contribution is 2.31. The maximum atomic E-state index is 5.96. The number of hydrogen-bond donors (Lipinski definition) is 0. The Morgan fingerprint density at radius 1 is 0.880 bits per heavy atom. The molecule has 0 N–H and O–H groups in total. The molecule has 3 fully saturated rings. The smallest absolute Gasteiger partial charge is 0.104 e. The van der Waals surface area contributed by atoms with Gasteiger partial charge < -0.3 is 28.4 Å². The zero-order chi connectivity index (χ0) is 17.4. The minimum Gasteiger partial charge on any atom is -0.379 e. The largest absolute Gasteiger partial charge is 0.379 e. The Morgan fingerprint density at radius 2 is 1.36 bits per heavy atom. The van der Waals surface area contributed by atoms with Gasteiger partial charge in [0.25, 0.3) is 0 Å². The first-order chi connectivity index (χ1) is 12.3. The lowest BCUT2D eigenvalue weighted by Crippen LogP contribution is -2.30. The second kappa shape index (κ2) is 10.3. The predicted octanol–water partition coefficient (Wildman–Crippen LogP) is 1.88. The molecule has 3 aliphatic heterocycles. The summed E-state index contributed by atoms with van der Waals surface area (Å²) in [5.74, 6) is 0. The molecule has 0 aromatic carbocycles. The standard InChI is InChI=1S/C18H30O6S/c1-25-7-4-18(14-21-10-17-13-24-17,2-5-19-8-15-11-22-15)3-6-20-9-16-12-23-16/h4,7,15-17H,2-3,5-6,8-14H2,1H3/b7-4+. The van der Waals surface area contributed by atoms with E-state index in [-0.39, 0.29) is 11.5 Å². The molecule has 3 unspecified atom stereocenters. The molecule has 25 heavy (non-hydrogen) atoms. The van der Waals surface area contributed by atoms with Crippen LogP contribution in [0.25, 0.3) is 0 Å². The lowest BCUT2D eigenvalue weighted by Gasteiger charge is -2.30. The van der Waals surface area contributed by atoms with Crippen molar-refractivity contribution in [3.05, 3.63) is 11.5 Å². The van der Waals surface area contributed by atoms with Gasteiger partial charge in [0.2, 0.25) is 0 Å². The lowest BCUT2D eigenvalue weighted by molar-refractivity contribution is 0.00915. The molecule has 144 valence electrons. The quantitative estimate of drug-likeness (QED) is 0.302. The molecule has 3 atom stereocenters. The first-order valence-corrected chi connectivity index (χ1v) is 10.4. The molecule has 0 radical (unpaired) electrons. The summed E-state index contributed by atoms with van der Waals surface area (Å²) >= 11 is 1.71. The van der Waals surface area contributed by atoms with E-state index in [1.807, 2.05) is 0 Å². The summed E-state index contributed by atoms with van der Waals surface area (Å²) in [5, 5.41) is 2.14. The molecule has 7 heteroatoms. The van der Waals surface area contributed by atoms with Crippen LogP contribution in [0.15, 0.2) is 11.5 Å². The SMILES string of the molecule is CS/C=C/C(CCOCC1CO1)(CCOCC1CO1)COCC1CO1. The van der Waals surface area contributed by atoms with Crippen molar-refractivity contribution in [2.45, 2.75) is 31.2 Å². The zero-order valence-corrected chi connectivity index (χ0v) is 15.8. The molecular weight excluding hydrogens is 344 g/mol. The van der Waals surface area contributed by atoms with Gasteiger partial charge in [-0.15, -0.1) is 11.8 Å². The van der Waals surface area contributed by atoms with E-state index in [4.69, 9.17) is 28.4 Å². The Labute approximate surface area is 154 Å². The number of rotatable bonds is 16. The fraction of sp³-hybridized carbons (Fsp3) is 0.889. The second-order valence-corrected chi connectivity index (χ2v) is 7.68. The lowest BCUT2D eigenvalue weighted by atomic mass is 9.82. The molecule has 0 aliphatic carbocycles. The average molecular weight is 374 g/mol. The van der Waals surface area contributed by atoms with Crippen LogP contribution in [0.1, 0.15) is 12.8 Å². The fourth-order valence-corrected chi connectivity index (χ4v) is 2.99. The van der Waals surface area contributed by atoms with Gasteiger partial charge in [0.05, 0.1) is 46.2 Å². The molecule has 3 saturated heterocycles. The number of epoxide rings is 3. The Hall–Kier alpha value is -0.150. The topological polar surface area (TPSA) is 65.3 Å². The fourth-order valence-electron chi connectivity index (χ4n) is 2.56. The third-order valence-corrected chi connectivity index (χ3v) is 4.96. The molecule has 0 bridgehead atoms. The van der Waals surface area contributed by atoms with Crippen molar-refractivity contribution < 1.29 is 28.4 Å². The van der Waals surface area contributed by atoms with Crippen LogP contribution in [0.3, 0.4) is 0 Å². The minimum absolute atomic E-state index is 0.0767. The van der Waals surface area contributed by atoms with Crippen LogP contribution in [0.2, 0.25) is 0 Å². The predicted molar refractivity (Wildman–Crippen MR) is 96.0 cm³/mol. The summed E-state index contributed by atoms with van der Waals surface area (Å²) in [6.07, 6.45) is 7.05. The van der Waals surface area contributed by atoms with E-state index in [9.17, 15) is 0 Å². The van der Waals surface area contributed by atoms with Gasteiger partial charge in [0.1, 0.15) is 18.3 Å².